The molecule has 0 amide bonds. The zero-order valence-electron chi connectivity index (χ0n) is 33.1. The summed E-state index contributed by atoms with van der Waals surface area (Å²) in [5, 5.41) is 7.34. The first-order valence-electron chi connectivity index (χ1n) is 20.7. The van der Waals surface area contributed by atoms with E-state index < -0.39 is 0 Å². The van der Waals surface area contributed by atoms with Crippen LogP contribution in [0, 0.1) is 0 Å². The molecule has 286 valence electrons. The molecule has 0 fully saturated rings. The second-order valence-corrected chi connectivity index (χ2v) is 16.6. The molecule has 12 aromatic rings. The van der Waals surface area contributed by atoms with E-state index in [1.165, 1.54) is 53.2 Å². The smallest absolute Gasteiger partial charge is 0.143 e. The largest absolute Gasteiger partial charge is 0.455 e. The summed E-state index contributed by atoms with van der Waals surface area (Å²) in [5.41, 5.74) is 14.7. The van der Waals surface area contributed by atoms with Gasteiger partial charge in [0.1, 0.15) is 11.2 Å². The van der Waals surface area contributed by atoms with E-state index in [0.29, 0.717) is 0 Å². The Kier molecular flexibility index (Phi) is 8.39. The second-order valence-electron chi connectivity index (χ2n) is 15.6. The molecule has 0 atom stereocenters. The highest BCUT2D eigenvalue weighted by Gasteiger charge is 2.20. The van der Waals surface area contributed by atoms with Crippen molar-refractivity contribution in [2.75, 3.05) is 4.90 Å². The van der Waals surface area contributed by atoms with Crippen molar-refractivity contribution >= 4 is 81.3 Å². The summed E-state index contributed by atoms with van der Waals surface area (Å²) in [4.78, 5) is 2.42. The van der Waals surface area contributed by atoms with Crippen LogP contribution in [-0.2, 0) is 0 Å². The molecule has 0 saturated carbocycles. The van der Waals surface area contributed by atoms with Gasteiger partial charge in [0.25, 0.3) is 0 Å². The van der Waals surface area contributed by atoms with Gasteiger partial charge in [-0.15, -0.1) is 11.3 Å². The molecule has 12 rings (SSSR count). The number of fused-ring (bicyclic) bond motifs is 7. The lowest BCUT2D eigenvalue weighted by Gasteiger charge is -2.26. The van der Waals surface area contributed by atoms with E-state index in [4.69, 9.17) is 4.42 Å². The van der Waals surface area contributed by atoms with Crippen LogP contribution >= 0.6 is 11.3 Å². The highest BCUT2D eigenvalue weighted by molar-refractivity contribution is 7.27. The van der Waals surface area contributed by atoms with Gasteiger partial charge in [-0.25, -0.2) is 0 Å². The van der Waals surface area contributed by atoms with Crippen molar-refractivity contribution in [1.82, 2.24) is 0 Å². The summed E-state index contributed by atoms with van der Waals surface area (Å²) in [6, 6.07) is 81.0. The Morgan fingerprint density at radius 1 is 0.311 bits per heavy atom. The van der Waals surface area contributed by atoms with Crippen LogP contribution in [0.4, 0.5) is 17.1 Å². The maximum atomic E-state index is 6.37. The number of thiophene rings is 1. The third-order valence-corrected chi connectivity index (χ3v) is 13.4. The van der Waals surface area contributed by atoms with Crippen LogP contribution in [0.1, 0.15) is 0 Å². The molecule has 0 spiro atoms. The second kappa shape index (κ2) is 14.5. The highest BCUT2D eigenvalue weighted by atomic mass is 32.1. The summed E-state index contributed by atoms with van der Waals surface area (Å²) in [5.74, 6) is 0. The van der Waals surface area contributed by atoms with Crippen molar-refractivity contribution in [1.29, 1.82) is 0 Å². The van der Waals surface area contributed by atoms with Crippen LogP contribution in [0.5, 0.6) is 0 Å². The lowest BCUT2D eigenvalue weighted by atomic mass is 9.97. The van der Waals surface area contributed by atoms with Gasteiger partial charge in [0.15, 0.2) is 0 Å². The SMILES string of the molecule is c1ccc(-c2cccc3c2sc2c(N(c4ccc(-c5ccc(-c6cccc7c6oc6ccccc67)cc5)cc4)c4ccc(-c5cccc6ccccc56)cc4)cccc23)cc1. The number of furan rings is 1. The monoisotopic (exact) mass is 795 g/mol. The topological polar surface area (TPSA) is 16.4 Å². The summed E-state index contributed by atoms with van der Waals surface area (Å²) in [6.07, 6.45) is 0. The standard InChI is InChI=1S/C58H37NOS/c1-2-12-41(13-3-1)49-20-10-22-52-53-23-11-24-54(58(53)61-57(49)52)59(45-36-32-42(33-37-45)47-18-8-15-40-14-4-5-16-46(40)47)44-34-30-39(31-35-44)38-26-28-43(29-27-38)48-19-9-21-51-50-17-6-7-25-55(50)60-56(48)51/h1-37H. The number of nitrogens with zero attached hydrogens (tertiary/aromatic N) is 1. The molecule has 2 heterocycles. The van der Waals surface area contributed by atoms with E-state index in [0.717, 1.165) is 61.3 Å². The zero-order valence-corrected chi connectivity index (χ0v) is 33.9. The van der Waals surface area contributed by atoms with Crippen LogP contribution in [0.15, 0.2) is 229 Å². The summed E-state index contributed by atoms with van der Waals surface area (Å²) in [6.45, 7) is 0. The van der Waals surface area contributed by atoms with Gasteiger partial charge in [0.2, 0.25) is 0 Å². The Bertz CT molecular complexity index is 3560. The first-order chi connectivity index (χ1) is 30.2. The van der Waals surface area contributed by atoms with Gasteiger partial charge in [-0.3, -0.25) is 0 Å². The Labute approximate surface area is 357 Å². The van der Waals surface area contributed by atoms with Crippen molar-refractivity contribution in [3.63, 3.8) is 0 Å². The lowest BCUT2D eigenvalue weighted by Crippen LogP contribution is -2.10. The van der Waals surface area contributed by atoms with E-state index in [1.807, 2.05) is 23.5 Å². The number of rotatable bonds is 7. The highest BCUT2D eigenvalue weighted by Crippen LogP contribution is 2.47. The fourth-order valence-corrected chi connectivity index (χ4v) is 10.5. The molecular weight excluding hydrogens is 759 g/mol. The summed E-state index contributed by atoms with van der Waals surface area (Å²) in [7, 11) is 0. The van der Waals surface area contributed by atoms with Gasteiger partial charge in [0.05, 0.1) is 10.4 Å². The average molecular weight is 796 g/mol. The quantitative estimate of drug-likeness (QED) is 0.160. The van der Waals surface area contributed by atoms with Crippen molar-refractivity contribution < 1.29 is 4.42 Å². The third kappa shape index (κ3) is 6.01. The summed E-state index contributed by atoms with van der Waals surface area (Å²) < 4.78 is 8.94. The zero-order chi connectivity index (χ0) is 40.3. The molecule has 2 nitrogen and oxygen atoms in total. The van der Waals surface area contributed by atoms with E-state index in [2.05, 4.69) is 217 Å². The first kappa shape index (κ1) is 35.2. The minimum absolute atomic E-state index is 0.914. The van der Waals surface area contributed by atoms with Crippen LogP contribution in [0.3, 0.4) is 0 Å². The minimum atomic E-state index is 0.914. The molecular formula is C58H37NOS. The molecule has 0 radical (unpaired) electrons. The van der Waals surface area contributed by atoms with Gasteiger partial charge in [-0.2, -0.15) is 0 Å². The number of anilines is 3. The average Bonchev–Trinajstić information content (AvgIpc) is 3.92. The molecule has 0 bridgehead atoms. The maximum Gasteiger partial charge on any atom is 0.143 e. The molecule has 3 heteroatoms. The molecule has 0 N–H and O–H groups in total. The van der Waals surface area contributed by atoms with Crippen LogP contribution in [0.25, 0.3) is 97.4 Å². The van der Waals surface area contributed by atoms with E-state index >= 15 is 0 Å². The minimum Gasteiger partial charge on any atom is -0.455 e. The van der Waals surface area contributed by atoms with Crippen molar-refractivity contribution in [2.45, 2.75) is 0 Å². The molecule has 61 heavy (non-hydrogen) atoms. The number of hydrogen-bond donors (Lipinski definition) is 0. The molecule has 10 aromatic carbocycles. The van der Waals surface area contributed by atoms with Crippen molar-refractivity contribution in [3.8, 4) is 44.5 Å². The first-order valence-corrected chi connectivity index (χ1v) is 21.6. The summed E-state index contributed by atoms with van der Waals surface area (Å²) >= 11 is 1.88. The fraction of sp³-hybridized carbons (Fsp3) is 0. The van der Waals surface area contributed by atoms with Crippen LogP contribution in [0.2, 0.25) is 0 Å². The van der Waals surface area contributed by atoms with Crippen molar-refractivity contribution in [3.05, 3.63) is 224 Å². The number of para-hydroxylation sites is 2. The number of benzene rings is 10. The van der Waals surface area contributed by atoms with E-state index in [1.54, 1.807) is 0 Å². The molecule has 0 unspecified atom stereocenters. The maximum absolute atomic E-state index is 6.37. The van der Waals surface area contributed by atoms with Crippen LogP contribution < -0.4 is 4.90 Å². The fourth-order valence-electron chi connectivity index (χ4n) is 9.14. The predicted molar refractivity (Wildman–Crippen MR) is 261 cm³/mol. The Hall–Kier alpha value is -7.72. The Morgan fingerprint density at radius 2 is 0.803 bits per heavy atom. The lowest BCUT2D eigenvalue weighted by molar-refractivity contribution is 0.670. The molecule has 0 aliphatic carbocycles. The predicted octanol–water partition coefficient (Wildman–Crippen LogP) is 17.2. The number of hydrogen-bond acceptors (Lipinski definition) is 3. The van der Waals surface area contributed by atoms with E-state index in [9.17, 15) is 0 Å². The molecule has 0 saturated heterocycles. The van der Waals surface area contributed by atoms with Crippen molar-refractivity contribution in [2.24, 2.45) is 0 Å². The van der Waals surface area contributed by atoms with Gasteiger partial charge >= 0.3 is 0 Å². The van der Waals surface area contributed by atoms with E-state index in [-0.39, 0.29) is 0 Å². The van der Waals surface area contributed by atoms with Gasteiger partial charge in [0, 0.05) is 43.2 Å². The van der Waals surface area contributed by atoms with Crippen LogP contribution in [-0.4, -0.2) is 0 Å². The third-order valence-electron chi connectivity index (χ3n) is 12.1. The Morgan fingerprint density at radius 3 is 1.57 bits per heavy atom. The van der Waals surface area contributed by atoms with Gasteiger partial charge in [-0.05, 0) is 86.1 Å². The molecule has 2 aromatic heterocycles. The van der Waals surface area contributed by atoms with Gasteiger partial charge in [-0.1, -0.05) is 188 Å². The molecule has 0 aliphatic rings. The Balaban J connectivity index is 0.954. The normalized spacial score (nSPS) is 11.6. The molecule has 0 aliphatic heterocycles. The van der Waals surface area contributed by atoms with Gasteiger partial charge < -0.3 is 9.32 Å².